The van der Waals surface area contributed by atoms with Gasteiger partial charge in [0, 0.05) is 24.6 Å². The van der Waals surface area contributed by atoms with E-state index < -0.39 is 10.0 Å². The maximum absolute atomic E-state index is 13.0. The van der Waals surface area contributed by atoms with Crippen LogP contribution in [0.2, 0.25) is 0 Å². The molecule has 28 heavy (non-hydrogen) atoms. The molecular weight excluding hydrogens is 376 g/mol. The average Bonchev–Trinajstić information content (AvgIpc) is 2.70. The molecule has 2 aromatic rings. The summed E-state index contributed by atoms with van der Waals surface area (Å²) in [5.74, 6) is 0.481. The first-order valence-electron chi connectivity index (χ1n) is 9.29. The molecule has 0 radical (unpaired) electrons. The summed E-state index contributed by atoms with van der Waals surface area (Å²) in [6, 6.07) is 13.8. The van der Waals surface area contributed by atoms with E-state index in [1.165, 1.54) is 13.2 Å². The number of benzene rings is 2. The predicted molar refractivity (Wildman–Crippen MR) is 109 cm³/mol. The minimum atomic E-state index is -3.76. The van der Waals surface area contributed by atoms with Crippen molar-refractivity contribution in [1.29, 1.82) is 0 Å². The van der Waals surface area contributed by atoms with Crippen LogP contribution in [0.3, 0.4) is 0 Å². The first-order chi connectivity index (χ1) is 13.3. The zero-order chi connectivity index (χ0) is 20.7. The molecule has 0 saturated carbocycles. The van der Waals surface area contributed by atoms with Gasteiger partial charge in [-0.05, 0) is 29.7 Å². The molecule has 0 saturated heterocycles. The quantitative estimate of drug-likeness (QED) is 0.671. The third-order valence-electron chi connectivity index (χ3n) is 4.47. The van der Waals surface area contributed by atoms with Crippen LogP contribution in [0.4, 0.5) is 0 Å². The van der Waals surface area contributed by atoms with Gasteiger partial charge in [-0.15, -0.1) is 0 Å². The largest absolute Gasteiger partial charge is 0.496 e. The number of carbonyl (C=O) groups is 1. The Morgan fingerprint density at radius 1 is 1.11 bits per heavy atom. The van der Waals surface area contributed by atoms with Crippen molar-refractivity contribution in [3.63, 3.8) is 0 Å². The van der Waals surface area contributed by atoms with Gasteiger partial charge in [-0.1, -0.05) is 51.1 Å². The fraction of sp³-hybridized carbons (Fsp3) is 0.381. The molecule has 2 aromatic carbocycles. The van der Waals surface area contributed by atoms with Gasteiger partial charge in [0.1, 0.15) is 5.75 Å². The Morgan fingerprint density at radius 2 is 1.79 bits per heavy atom. The summed E-state index contributed by atoms with van der Waals surface area (Å²) in [6.07, 6.45) is 0.356. The van der Waals surface area contributed by atoms with Crippen molar-refractivity contribution in [2.75, 3.05) is 7.11 Å². The molecule has 1 atom stereocenters. The molecule has 0 aromatic heterocycles. The highest BCUT2D eigenvalue weighted by atomic mass is 32.2. The van der Waals surface area contributed by atoms with E-state index in [1.54, 1.807) is 19.1 Å². The van der Waals surface area contributed by atoms with Crippen LogP contribution in [0.15, 0.2) is 53.4 Å². The second-order valence-electron chi connectivity index (χ2n) is 6.86. The molecule has 7 heteroatoms. The Kier molecular flexibility index (Phi) is 7.60. The molecule has 152 valence electrons. The molecular formula is C21H28N2O4S. The smallest absolute Gasteiger partial charge is 0.241 e. The van der Waals surface area contributed by atoms with Crippen molar-refractivity contribution < 1.29 is 17.9 Å². The maximum Gasteiger partial charge on any atom is 0.241 e. The molecule has 0 aliphatic heterocycles. The number of rotatable bonds is 9. The minimum Gasteiger partial charge on any atom is -0.496 e. The Balaban J connectivity index is 2.32. The van der Waals surface area contributed by atoms with Crippen LogP contribution in [0.5, 0.6) is 5.75 Å². The van der Waals surface area contributed by atoms with Crippen molar-refractivity contribution >= 4 is 15.9 Å². The fourth-order valence-electron chi connectivity index (χ4n) is 2.86. The van der Waals surface area contributed by atoms with Gasteiger partial charge in [-0.25, -0.2) is 13.1 Å². The van der Waals surface area contributed by atoms with Crippen LogP contribution in [-0.4, -0.2) is 21.4 Å². The molecule has 0 unspecified atom stereocenters. The van der Waals surface area contributed by atoms with Gasteiger partial charge < -0.3 is 10.1 Å². The Bertz CT molecular complexity index is 896. The molecule has 2 rings (SSSR count). The number of hydrogen-bond acceptors (Lipinski definition) is 4. The van der Waals surface area contributed by atoms with Gasteiger partial charge in [-0.2, -0.15) is 0 Å². The summed E-state index contributed by atoms with van der Waals surface area (Å²) in [6.45, 7) is 5.90. The number of amides is 1. The summed E-state index contributed by atoms with van der Waals surface area (Å²) >= 11 is 0. The molecule has 0 spiro atoms. The van der Waals surface area contributed by atoms with Gasteiger partial charge in [0.2, 0.25) is 15.9 Å². The topological polar surface area (TPSA) is 84.5 Å². The third-order valence-corrected chi connectivity index (χ3v) is 5.91. The summed E-state index contributed by atoms with van der Waals surface area (Å²) in [4.78, 5) is 11.7. The molecule has 0 fully saturated rings. The average molecular weight is 405 g/mol. The summed E-state index contributed by atoms with van der Waals surface area (Å²) < 4.78 is 34.2. The second kappa shape index (κ2) is 9.71. The van der Waals surface area contributed by atoms with Crippen molar-refractivity contribution in [3.8, 4) is 5.75 Å². The van der Waals surface area contributed by atoms with Gasteiger partial charge >= 0.3 is 0 Å². The number of carbonyl (C=O) groups excluding carboxylic acids is 1. The summed E-state index contributed by atoms with van der Waals surface area (Å²) in [5, 5.41) is 2.75. The van der Waals surface area contributed by atoms with E-state index in [2.05, 4.69) is 10.0 Å². The van der Waals surface area contributed by atoms with Gasteiger partial charge in [-0.3, -0.25) is 4.79 Å². The van der Waals surface area contributed by atoms with Crippen molar-refractivity contribution in [3.05, 3.63) is 59.7 Å². The monoisotopic (exact) mass is 404 g/mol. The van der Waals surface area contributed by atoms with E-state index in [9.17, 15) is 13.2 Å². The van der Waals surface area contributed by atoms with Crippen molar-refractivity contribution in [2.24, 2.45) is 5.92 Å². The SMILES string of the molecule is CCC(=O)NCc1cc(S(=O)(=O)N[C@@H](c2ccccc2)C(C)C)ccc1OC. The number of ether oxygens (including phenoxy) is 1. The number of hydrogen-bond donors (Lipinski definition) is 2. The highest BCUT2D eigenvalue weighted by molar-refractivity contribution is 7.89. The van der Waals surface area contributed by atoms with Crippen LogP contribution in [0.1, 0.15) is 44.4 Å². The van der Waals surface area contributed by atoms with Gasteiger partial charge in [0.05, 0.1) is 12.0 Å². The lowest BCUT2D eigenvalue weighted by atomic mass is 9.97. The molecule has 6 nitrogen and oxygen atoms in total. The maximum atomic E-state index is 13.0. The molecule has 2 N–H and O–H groups in total. The van der Waals surface area contributed by atoms with E-state index >= 15 is 0 Å². The lowest BCUT2D eigenvalue weighted by molar-refractivity contribution is -0.120. The summed E-state index contributed by atoms with van der Waals surface area (Å²) in [5.41, 5.74) is 1.51. The van der Waals surface area contributed by atoms with Gasteiger partial charge in [0.15, 0.2) is 0 Å². The van der Waals surface area contributed by atoms with Crippen LogP contribution in [0.25, 0.3) is 0 Å². The van der Waals surface area contributed by atoms with E-state index in [0.717, 1.165) is 5.56 Å². The van der Waals surface area contributed by atoms with E-state index in [0.29, 0.717) is 17.7 Å². The van der Waals surface area contributed by atoms with E-state index in [-0.39, 0.29) is 29.3 Å². The van der Waals surface area contributed by atoms with E-state index in [4.69, 9.17) is 4.74 Å². The zero-order valence-electron chi connectivity index (χ0n) is 16.7. The van der Waals surface area contributed by atoms with Gasteiger partial charge in [0.25, 0.3) is 0 Å². The van der Waals surface area contributed by atoms with Crippen molar-refractivity contribution in [2.45, 2.75) is 44.7 Å². The molecule has 0 aliphatic carbocycles. The standard InChI is InChI=1S/C21H28N2O4S/c1-5-20(24)22-14-17-13-18(11-12-19(17)27-4)28(25,26)23-21(15(2)3)16-9-7-6-8-10-16/h6-13,15,21,23H,5,14H2,1-4H3,(H,22,24)/t21-/m1/s1. The Hall–Kier alpha value is -2.38. The van der Waals surface area contributed by atoms with Crippen molar-refractivity contribution in [1.82, 2.24) is 10.0 Å². The normalized spacial score (nSPS) is 12.6. The third kappa shape index (κ3) is 5.56. The second-order valence-corrected chi connectivity index (χ2v) is 8.57. The molecule has 0 aliphatic rings. The van der Waals surface area contributed by atoms with Crippen LogP contribution < -0.4 is 14.8 Å². The Morgan fingerprint density at radius 3 is 2.36 bits per heavy atom. The predicted octanol–water partition coefficient (Wildman–Crippen LogP) is 3.40. The molecule has 0 bridgehead atoms. The fourth-order valence-corrected chi connectivity index (χ4v) is 4.29. The molecule has 1 amide bonds. The number of sulfonamides is 1. The van der Waals surface area contributed by atoms with E-state index in [1.807, 2.05) is 44.2 Å². The van der Waals surface area contributed by atoms with Crippen LogP contribution >= 0.6 is 0 Å². The zero-order valence-corrected chi connectivity index (χ0v) is 17.5. The molecule has 0 heterocycles. The highest BCUT2D eigenvalue weighted by Crippen LogP contribution is 2.27. The number of methoxy groups -OCH3 is 1. The highest BCUT2D eigenvalue weighted by Gasteiger charge is 2.24. The minimum absolute atomic E-state index is 0.0683. The Labute approximate surface area is 167 Å². The first kappa shape index (κ1) is 21.9. The number of nitrogens with one attached hydrogen (secondary N) is 2. The van der Waals surface area contributed by atoms with Crippen LogP contribution in [0, 0.1) is 5.92 Å². The lowest BCUT2D eigenvalue weighted by Gasteiger charge is -2.23. The first-order valence-corrected chi connectivity index (χ1v) is 10.8. The summed E-state index contributed by atoms with van der Waals surface area (Å²) in [7, 11) is -2.25. The lowest BCUT2D eigenvalue weighted by Crippen LogP contribution is -2.32. The van der Waals surface area contributed by atoms with Crippen LogP contribution in [-0.2, 0) is 21.4 Å².